The maximum absolute atomic E-state index is 11.5. The Bertz CT molecular complexity index is 745. The summed E-state index contributed by atoms with van der Waals surface area (Å²) in [6.07, 6.45) is 0.397. The summed E-state index contributed by atoms with van der Waals surface area (Å²) in [4.78, 5) is 11.4. The molecule has 0 aromatic heterocycles. The van der Waals surface area contributed by atoms with Gasteiger partial charge in [0.1, 0.15) is 0 Å². The summed E-state index contributed by atoms with van der Waals surface area (Å²) in [5, 5.41) is 4.15. The Kier molecular flexibility index (Phi) is 4.00. The van der Waals surface area contributed by atoms with Crippen LogP contribution in [0.2, 0.25) is 10.0 Å². The van der Waals surface area contributed by atoms with Gasteiger partial charge in [0, 0.05) is 15.7 Å². The van der Waals surface area contributed by atoms with Crippen molar-refractivity contribution in [2.45, 2.75) is 18.2 Å². The number of benzene rings is 2. The van der Waals surface area contributed by atoms with Crippen LogP contribution in [0.4, 0.5) is 5.69 Å². The van der Waals surface area contributed by atoms with Crippen molar-refractivity contribution in [1.29, 1.82) is 0 Å². The van der Waals surface area contributed by atoms with Crippen molar-refractivity contribution in [3.05, 3.63) is 62.6 Å². The zero-order valence-corrected chi connectivity index (χ0v) is 14.3. The van der Waals surface area contributed by atoms with Crippen LogP contribution in [0.3, 0.4) is 0 Å². The molecule has 1 atom stereocenters. The topological polar surface area (TPSA) is 29.1 Å². The van der Waals surface area contributed by atoms with E-state index in [9.17, 15) is 4.79 Å². The molecule has 0 saturated heterocycles. The predicted octanol–water partition coefficient (Wildman–Crippen LogP) is 5.28. The van der Waals surface area contributed by atoms with Gasteiger partial charge in [-0.1, -0.05) is 57.3 Å². The molecule has 0 radical (unpaired) electrons. The number of anilines is 1. The van der Waals surface area contributed by atoms with Crippen LogP contribution in [0.15, 0.2) is 30.3 Å². The molecule has 0 spiro atoms. The second-order valence-corrected chi connectivity index (χ2v) is 6.86. The summed E-state index contributed by atoms with van der Waals surface area (Å²) in [6, 6.07) is 9.72. The van der Waals surface area contributed by atoms with Crippen molar-refractivity contribution in [2.75, 3.05) is 5.32 Å². The van der Waals surface area contributed by atoms with E-state index in [0.717, 1.165) is 33.0 Å². The van der Waals surface area contributed by atoms with Crippen molar-refractivity contribution < 1.29 is 4.79 Å². The lowest BCUT2D eigenvalue weighted by molar-refractivity contribution is -0.115. The van der Waals surface area contributed by atoms with Gasteiger partial charge in [0.2, 0.25) is 5.91 Å². The second-order valence-electron chi connectivity index (χ2n) is 5.13. The smallest absolute Gasteiger partial charge is 0.228 e. The number of alkyl halides is 1. The van der Waals surface area contributed by atoms with E-state index < -0.39 is 0 Å². The lowest BCUT2D eigenvalue weighted by Gasteiger charge is -2.15. The number of rotatable bonds is 2. The fraction of sp³-hybridized carbons (Fsp3) is 0.188. The van der Waals surface area contributed by atoms with Gasteiger partial charge in [-0.15, -0.1) is 0 Å². The normalized spacial score (nSPS) is 14.8. The lowest BCUT2D eigenvalue weighted by atomic mass is 10.0. The quantitative estimate of drug-likeness (QED) is 0.701. The third-order valence-corrected chi connectivity index (χ3v) is 5.37. The van der Waals surface area contributed by atoms with Crippen LogP contribution in [0.1, 0.15) is 27.1 Å². The van der Waals surface area contributed by atoms with E-state index in [2.05, 4.69) is 21.2 Å². The molecule has 108 valence electrons. The Labute approximate surface area is 141 Å². The third kappa shape index (κ3) is 2.83. The molecule has 0 aliphatic carbocycles. The summed E-state index contributed by atoms with van der Waals surface area (Å²) < 4.78 is 0. The molecule has 2 nitrogen and oxygen atoms in total. The number of hydrogen-bond acceptors (Lipinski definition) is 1. The first-order chi connectivity index (χ1) is 9.95. The standard InChI is InChI=1S/C16H12BrCl2NO/c1-8-2-3-9(5-12(8)18)16(17)11-4-10-6-15(21)20-14(10)7-13(11)19/h2-5,7,16H,6H2,1H3,(H,20,21). The number of fused-ring (bicyclic) bond motifs is 1. The molecule has 3 rings (SSSR count). The van der Waals surface area contributed by atoms with Crippen LogP contribution in [-0.4, -0.2) is 5.91 Å². The summed E-state index contributed by atoms with van der Waals surface area (Å²) in [7, 11) is 0. The van der Waals surface area contributed by atoms with Gasteiger partial charge in [0.25, 0.3) is 0 Å². The molecule has 5 heteroatoms. The average molecular weight is 385 g/mol. The van der Waals surface area contributed by atoms with E-state index in [0.29, 0.717) is 11.4 Å². The van der Waals surface area contributed by atoms with Crippen LogP contribution in [-0.2, 0) is 11.2 Å². The zero-order chi connectivity index (χ0) is 15.1. The minimum absolute atomic E-state index is 0.00252. The Balaban J connectivity index is 2.02. The maximum atomic E-state index is 11.5. The largest absolute Gasteiger partial charge is 0.325 e. The number of aryl methyl sites for hydroxylation is 1. The van der Waals surface area contributed by atoms with Gasteiger partial charge < -0.3 is 5.32 Å². The first-order valence-electron chi connectivity index (χ1n) is 6.48. The lowest BCUT2D eigenvalue weighted by Crippen LogP contribution is -2.03. The molecular formula is C16H12BrCl2NO. The molecule has 0 fully saturated rings. The van der Waals surface area contributed by atoms with Crippen molar-refractivity contribution >= 4 is 50.7 Å². The molecular weight excluding hydrogens is 373 g/mol. The highest BCUT2D eigenvalue weighted by atomic mass is 79.9. The second kappa shape index (κ2) is 5.64. The zero-order valence-electron chi connectivity index (χ0n) is 11.2. The van der Waals surface area contributed by atoms with Crippen LogP contribution in [0, 0.1) is 6.92 Å². The van der Waals surface area contributed by atoms with Crippen LogP contribution in [0.25, 0.3) is 0 Å². The number of nitrogens with one attached hydrogen (secondary N) is 1. The Morgan fingerprint density at radius 1 is 1.19 bits per heavy atom. The SMILES string of the molecule is Cc1ccc(C(Br)c2cc3c(cc2Cl)NC(=O)C3)cc1Cl. The van der Waals surface area contributed by atoms with Crippen molar-refractivity contribution in [2.24, 2.45) is 0 Å². The Morgan fingerprint density at radius 3 is 2.67 bits per heavy atom. The van der Waals surface area contributed by atoms with E-state index in [-0.39, 0.29) is 10.7 Å². The van der Waals surface area contributed by atoms with E-state index >= 15 is 0 Å². The van der Waals surface area contributed by atoms with Gasteiger partial charge in [-0.2, -0.15) is 0 Å². The van der Waals surface area contributed by atoms with Gasteiger partial charge in [-0.25, -0.2) is 0 Å². The fourth-order valence-corrected chi connectivity index (χ4v) is 3.66. The van der Waals surface area contributed by atoms with Gasteiger partial charge in [-0.05, 0) is 41.3 Å². The molecule has 1 amide bonds. The van der Waals surface area contributed by atoms with E-state index in [4.69, 9.17) is 23.2 Å². The number of carbonyl (C=O) groups excluding carboxylic acids is 1. The fourth-order valence-electron chi connectivity index (χ4n) is 2.41. The molecule has 1 aliphatic heterocycles. The summed E-state index contributed by atoms with van der Waals surface area (Å²) in [5.41, 5.74) is 4.78. The summed E-state index contributed by atoms with van der Waals surface area (Å²) >= 11 is 16.2. The number of amides is 1. The average Bonchev–Trinajstić information content (AvgIpc) is 2.79. The molecule has 2 aromatic carbocycles. The van der Waals surface area contributed by atoms with Crippen LogP contribution in [0.5, 0.6) is 0 Å². The summed E-state index contributed by atoms with van der Waals surface area (Å²) in [6.45, 7) is 1.97. The van der Waals surface area contributed by atoms with Gasteiger partial charge >= 0.3 is 0 Å². The number of hydrogen-bond donors (Lipinski definition) is 1. The van der Waals surface area contributed by atoms with Crippen molar-refractivity contribution in [3.63, 3.8) is 0 Å². The van der Waals surface area contributed by atoms with Gasteiger partial charge in [0.15, 0.2) is 0 Å². The van der Waals surface area contributed by atoms with Gasteiger partial charge in [-0.3, -0.25) is 4.79 Å². The highest BCUT2D eigenvalue weighted by Crippen LogP contribution is 2.40. The molecule has 1 aliphatic rings. The predicted molar refractivity (Wildman–Crippen MR) is 90.7 cm³/mol. The minimum Gasteiger partial charge on any atom is -0.325 e. The Hall–Kier alpha value is -1.03. The van der Waals surface area contributed by atoms with Crippen LogP contribution >= 0.6 is 39.1 Å². The van der Waals surface area contributed by atoms with Gasteiger partial charge in [0.05, 0.1) is 11.2 Å². The maximum Gasteiger partial charge on any atom is 0.228 e. The first kappa shape index (κ1) is 14.9. The number of halogens is 3. The van der Waals surface area contributed by atoms with Crippen molar-refractivity contribution in [1.82, 2.24) is 0 Å². The Morgan fingerprint density at radius 2 is 1.95 bits per heavy atom. The van der Waals surface area contributed by atoms with Crippen LogP contribution < -0.4 is 5.32 Å². The number of carbonyl (C=O) groups is 1. The van der Waals surface area contributed by atoms with E-state index in [1.807, 2.05) is 31.2 Å². The molecule has 21 heavy (non-hydrogen) atoms. The highest BCUT2D eigenvalue weighted by Gasteiger charge is 2.22. The highest BCUT2D eigenvalue weighted by molar-refractivity contribution is 9.09. The van der Waals surface area contributed by atoms with E-state index in [1.165, 1.54) is 0 Å². The summed E-state index contributed by atoms with van der Waals surface area (Å²) in [5.74, 6) is 0.00252. The first-order valence-corrected chi connectivity index (χ1v) is 8.15. The van der Waals surface area contributed by atoms with E-state index in [1.54, 1.807) is 6.07 Å². The molecule has 2 aromatic rings. The van der Waals surface area contributed by atoms with Crippen molar-refractivity contribution in [3.8, 4) is 0 Å². The molecule has 1 heterocycles. The molecule has 1 unspecified atom stereocenters. The monoisotopic (exact) mass is 383 g/mol. The molecule has 0 bridgehead atoms. The minimum atomic E-state index is -0.0656. The molecule has 1 N–H and O–H groups in total. The third-order valence-electron chi connectivity index (χ3n) is 3.61. The molecule has 0 saturated carbocycles.